The Morgan fingerprint density at radius 1 is 1.17 bits per heavy atom. The van der Waals surface area contributed by atoms with E-state index in [2.05, 4.69) is 19.9 Å². The van der Waals surface area contributed by atoms with Crippen molar-refractivity contribution in [1.29, 1.82) is 0 Å². The minimum atomic E-state index is 0.0644. The van der Waals surface area contributed by atoms with Gasteiger partial charge in [0.1, 0.15) is 11.5 Å². The molecule has 0 unspecified atom stereocenters. The van der Waals surface area contributed by atoms with Crippen molar-refractivity contribution < 1.29 is 14.3 Å². The summed E-state index contributed by atoms with van der Waals surface area (Å²) in [5, 5.41) is 0. The lowest BCUT2D eigenvalue weighted by atomic mass is 9.63. The average molecular weight is 326 g/mol. The Morgan fingerprint density at radius 3 is 2.67 bits per heavy atom. The lowest BCUT2D eigenvalue weighted by molar-refractivity contribution is -0.110. The Kier molecular flexibility index (Phi) is 4.53. The van der Waals surface area contributed by atoms with E-state index in [4.69, 9.17) is 9.47 Å². The molecule has 0 amide bonds. The van der Waals surface area contributed by atoms with Crippen LogP contribution in [0.1, 0.15) is 44.6 Å². The van der Waals surface area contributed by atoms with Crippen LogP contribution < -0.4 is 9.47 Å². The van der Waals surface area contributed by atoms with Crippen molar-refractivity contribution in [2.24, 2.45) is 11.3 Å². The number of ketones is 1. The molecule has 1 fully saturated rings. The van der Waals surface area contributed by atoms with Gasteiger partial charge in [0.05, 0.1) is 14.2 Å². The number of carbonyl (C=O) groups is 1. The predicted octanol–water partition coefficient (Wildman–Crippen LogP) is 4.68. The van der Waals surface area contributed by atoms with E-state index < -0.39 is 0 Å². The summed E-state index contributed by atoms with van der Waals surface area (Å²) in [6.45, 7) is 4.51. The van der Waals surface area contributed by atoms with Gasteiger partial charge in [0.25, 0.3) is 0 Å². The highest BCUT2D eigenvalue weighted by Crippen LogP contribution is 2.51. The van der Waals surface area contributed by atoms with Gasteiger partial charge in [-0.25, -0.2) is 0 Å². The zero-order valence-electron chi connectivity index (χ0n) is 15.0. The Bertz CT molecular complexity index is 697. The zero-order chi connectivity index (χ0) is 17.3. The summed E-state index contributed by atoms with van der Waals surface area (Å²) in [6.07, 6.45) is 9.04. The second-order valence-electron chi connectivity index (χ2n) is 7.38. The number of fused-ring (bicyclic) bond motifs is 1. The molecule has 0 heterocycles. The Balaban J connectivity index is 2.12. The van der Waals surface area contributed by atoms with Crippen LogP contribution in [0.3, 0.4) is 0 Å². The molecule has 3 nitrogen and oxygen atoms in total. The fourth-order valence-electron chi connectivity index (χ4n) is 4.20. The molecule has 2 atom stereocenters. The third-order valence-electron chi connectivity index (χ3n) is 5.49. The number of hydrogen-bond donors (Lipinski definition) is 0. The summed E-state index contributed by atoms with van der Waals surface area (Å²) < 4.78 is 11.0. The van der Waals surface area contributed by atoms with E-state index in [0.29, 0.717) is 5.92 Å². The molecule has 2 aliphatic rings. The van der Waals surface area contributed by atoms with E-state index in [1.54, 1.807) is 20.3 Å². The molecule has 1 saturated carbocycles. The van der Waals surface area contributed by atoms with Crippen LogP contribution in [0.4, 0.5) is 0 Å². The highest BCUT2D eigenvalue weighted by atomic mass is 16.5. The summed E-state index contributed by atoms with van der Waals surface area (Å²) in [4.78, 5) is 12.3. The van der Waals surface area contributed by atoms with Crippen molar-refractivity contribution >= 4 is 5.78 Å². The summed E-state index contributed by atoms with van der Waals surface area (Å²) in [5.41, 5.74) is 2.43. The maximum absolute atomic E-state index is 12.3. The number of methoxy groups -OCH3 is 2. The monoisotopic (exact) mass is 326 g/mol. The van der Waals surface area contributed by atoms with E-state index in [1.165, 1.54) is 12.0 Å². The van der Waals surface area contributed by atoms with Gasteiger partial charge in [-0.1, -0.05) is 31.9 Å². The minimum Gasteiger partial charge on any atom is -0.497 e. The van der Waals surface area contributed by atoms with Crippen LogP contribution in [-0.2, 0) is 4.79 Å². The Morgan fingerprint density at radius 2 is 1.96 bits per heavy atom. The minimum absolute atomic E-state index is 0.0644. The smallest absolute Gasteiger partial charge is 0.178 e. The van der Waals surface area contributed by atoms with Gasteiger partial charge in [-0.3, -0.25) is 4.79 Å². The first-order valence-electron chi connectivity index (χ1n) is 8.62. The molecule has 0 aromatic heterocycles. The summed E-state index contributed by atoms with van der Waals surface area (Å²) >= 11 is 0. The van der Waals surface area contributed by atoms with E-state index in [9.17, 15) is 4.79 Å². The van der Waals surface area contributed by atoms with Crippen LogP contribution in [-0.4, -0.2) is 20.0 Å². The quantitative estimate of drug-likeness (QED) is 0.809. The third-order valence-corrected chi connectivity index (χ3v) is 5.49. The molecule has 1 aromatic rings. The molecule has 0 radical (unpaired) electrons. The second-order valence-corrected chi connectivity index (χ2v) is 7.38. The Hall–Kier alpha value is -2.03. The lowest BCUT2D eigenvalue weighted by Crippen LogP contribution is -2.29. The summed E-state index contributed by atoms with van der Waals surface area (Å²) in [6, 6.07) is 5.91. The molecule has 0 bridgehead atoms. The van der Waals surface area contributed by atoms with Crippen LogP contribution in [0.2, 0.25) is 0 Å². The average Bonchev–Trinajstić information content (AvgIpc) is 2.74. The van der Waals surface area contributed by atoms with Crippen LogP contribution in [0.15, 0.2) is 42.0 Å². The number of benzene rings is 1. The van der Waals surface area contributed by atoms with E-state index in [-0.39, 0.29) is 17.1 Å². The molecule has 3 rings (SSSR count). The summed E-state index contributed by atoms with van der Waals surface area (Å²) in [7, 11) is 3.37. The topological polar surface area (TPSA) is 35.5 Å². The summed E-state index contributed by atoms with van der Waals surface area (Å²) in [5.74, 6) is 2.22. The molecular formula is C21H26O3. The largest absolute Gasteiger partial charge is 0.497 e. The van der Waals surface area contributed by atoms with Crippen LogP contribution in [0.5, 0.6) is 11.5 Å². The van der Waals surface area contributed by atoms with Crippen LogP contribution in [0.25, 0.3) is 0 Å². The van der Waals surface area contributed by atoms with Gasteiger partial charge in [0.2, 0.25) is 0 Å². The normalized spacial score (nSPS) is 25.5. The number of hydrogen-bond acceptors (Lipinski definition) is 3. The molecule has 0 spiro atoms. The van der Waals surface area contributed by atoms with E-state index in [1.807, 2.05) is 24.3 Å². The van der Waals surface area contributed by atoms with Gasteiger partial charge in [0.15, 0.2) is 5.78 Å². The molecular weight excluding hydrogens is 300 g/mol. The fourth-order valence-corrected chi connectivity index (χ4v) is 4.20. The predicted molar refractivity (Wildman–Crippen MR) is 95.6 cm³/mol. The van der Waals surface area contributed by atoms with Crippen molar-refractivity contribution in [1.82, 2.24) is 0 Å². The van der Waals surface area contributed by atoms with Crippen LogP contribution >= 0.6 is 0 Å². The molecule has 1 aromatic carbocycles. The van der Waals surface area contributed by atoms with Crippen molar-refractivity contribution in [2.75, 3.05) is 14.2 Å². The van der Waals surface area contributed by atoms with E-state index >= 15 is 0 Å². The molecule has 128 valence electrons. The van der Waals surface area contributed by atoms with Crippen molar-refractivity contribution in [3.8, 4) is 11.5 Å². The fraction of sp³-hybridized carbons (Fsp3) is 0.476. The third kappa shape index (κ3) is 3.00. The molecule has 2 aliphatic carbocycles. The van der Waals surface area contributed by atoms with Gasteiger partial charge in [-0.15, -0.1) is 0 Å². The van der Waals surface area contributed by atoms with Crippen molar-refractivity contribution in [2.45, 2.75) is 39.0 Å². The number of carbonyl (C=O) groups excluding carboxylic acids is 1. The first kappa shape index (κ1) is 16.8. The lowest BCUT2D eigenvalue weighted by Gasteiger charge is -2.41. The second kappa shape index (κ2) is 6.46. The maximum atomic E-state index is 12.3. The molecule has 0 aliphatic heterocycles. The molecule has 0 saturated heterocycles. The van der Waals surface area contributed by atoms with E-state index in [0.717, 1.165) is 29.9 Å². The molecule has 24 heavy (non-hydrogen) atoms. The first-order chi connectivity index (χ1) is 11.5. The van der Waals surface area contributed by atoms with Crippen molar-refractivity contribution in [3.05, 3.63) is 47.6 Å². The number of rotatable bonds is 3. The first-order valence-corrected chi connectivity index (χ1v) is 8.62. The molecule has 3 heteroatoms. The standard InChI is InChI=1S/C21H26O3/c1-21(2)11-5-6-17-16(9-7-14(22)12-19(17)21)18-13-15(23-3)8-10-20(18)24-4/h7-10,12-13,16-17H,5-6,11H2,1-4H3/t16-,17+/m0/s1. The maximum Gasteiger partial charge on any atom is 0.178 e. The Labute approximate surface area is 144 Å². The van der Waals surface area contributed by atoms with Gasteiger partial charge < -0.3 is 9.47 Å². The number of ether oxygens (including phenoxy) is 2. The zero-order valence-corrected chi connectivity index (χ0v) is 15.0. The SMILES string of the molecule is COc1ccc(OC)c([C@H]2C=CC(=O)C=C3[C@@H]2CCCC3(C)C)c1. The van der Waals surface area contributed by atoms with Gasteiger partial charge >= 0.3 is 0 Å². The highest BCUT2D eigenvalue weighted by molar-refractivity contribution is 6.00. The molecule has 0 N–H and O–H groups in total. The van der Waals surface area contributed by atoms with Gasteiger partial charge in [-0.2, -0.15) is 0 Å². The highest BCUT2D eigenvalue weighted by Gasteiger charge is 2.39. The van der Waals surface area contributed by atoms with Crippen LogP contribution in [0, 0.1) is 11.3 Å². The number of allylic oxidation sites excluding steroid dienone is 4. The van der Waals surface area contributed by atoms with Gasteiger partial charge in [-0.05, 0) is 54.5 Å². The van der Waals surface area contributed by atoms with Crippen molar-refractivity contribution in [3.63, 3.8) is 0 Å². The van der Waals surface area contributed by atoms with Gasteiger partial charge in [0, 0.05) is 11.5 Å².